The third kappa shape index (κ3) is 5.96. The largest absolute Gasteiger partial charge is 0.370 e. The van der Waals surface area contributed by atoms with Gasteiger partial charge < -0.3 is 11.1 Å². The summed E-state index contributed by atoms with van der Waals surface area (Å²) >= 11 is 12.1. The van der Waals surface area contributed by atoms with Gasteiger partial charge in [-0.25, -0.2) is 9.67 Å². The predicted octanol–water partition coefficient (Wildman–Crippen LogP) is 2.57. The topological polar surface area (TPSA) is 138 Å². The number of nitrogens with zero attached hydrogens (tertiary/aromatic N) is 5. The lowest BCUT2D eigenvalue weighted by Crippen LogP contribution is -2.39. The van der Waals surface area contributed by atoms with Gasteiger partial charge in [0.15, 0.2) is 5.15 Å². The van der Waals surface area contributed by atoms with Gasteiger partial charge in [0.05, 0.1) is 23.9 Å². The first-order valence-electron chi connectivity index (χ1n) is 10.9. The van der Waals surface area contributed by atoms with E-state index in [1.165, 1.54) is 27.8 Å². The normalized spacial score (nSPS) is 11.7. The monoisotopic (exact) mass is 525 g/mol. The maximum Gasteiger partial charge on any atom is 0.254 e. The molecule has 1 atom stereocenters. The molecule has 0 bridgehead atoms. The Morgan fingerprint density at radius 1 is 1.08 bits per heavy atom. The Bertz CT molecular complexity index is 1450. The number of nitrogens with two attached hydrogens (primary N) is 1. The number of halogens is 2. The number of aromatic nitrogens is 5. The van der Waals surface area contributed by atoms with Gasteiger partial charge in [-0.15, -0.1) is 5.10 Å². The van der Waals surface area contributed by atoms with Crippen molar-refractivity contribution in [2.45, 2.75) is 18.9 Å². The summed E-state index contributed by atoms with van der Waals surface area (Å²) in [6, 6.07) is 14.7. The molecule has 0 fully saturated rings. The molecule has 2 aromatic carbocycles. The number of amides is 2. The molecule has 36 heavy (non-hydrogen) atoms. The van der Waals surface area contributed by atoms with Gasteiger partial charge in [-0.3, -0.25) is 19.0 Å². The van der Waals surface area contributed by atoms with E-state index in [1.807, 2.05) is 30.3 Å². The van der Waals surface area contributed by atoms with Gasteiger partial charge in [0.1, 0.15) is 6.04 Å². The highest BCUT2D eigenvalue weighted by Crippen LogP contribution is 2.28. The van der Waals surface area contributed by atoms with Crippen molar-refractivity contribution in [3.05, 3.63) is 93.2 Å². The maximum atomic E-state index is 13.2. The predicted molar refractivity (Wildman–Crippen MR) is 135 cm³/mol. The van der Waals surface area contributed by atoms with Gasteiger partial charge in [-0.05, 0) is 23.8 Å². The lowest BCUT2D eigenvalue weighted by atomic mass is 10.0. The molecular formula is C24H21Cl2N7O3. The second kappa shape index (κ2) is 11.1. The van der Waals surface area contributed by atoms with Gasteiger partial charge in [-0.1, -0.05) is 58.7 Å². The molecule has 0 aliphatic carbocycles. The number of nitrogens with one attached hydrogen (secondary N) is 1. The molecule has 10 nitrogen and oxygen atoms in total. The zero-order valence-corrected chi connectivity index (χ0v) is 20.4. The van der Waals surface area contributed by atoms with Crippen molar-refractivity contribution < 1.29 is 9.59 Å². The first-order chi connectivity index (χ1) is 17.3. The Labute approximate surface area is 215 Å². The van der Waals surface area contributed by atoms with Crippen LogP contribution in [-0.4, -0.2) is 42.9 Å². The van der Waals surface area contributed by atoms with E-state index in [9.17, 15) is 14.4 Å². The van der Waals surface area contributed by atoms with E-state index in [-0.39, 0.29) is 24.5 Å². The Kier molecular flexibility index (Phi) is 7.77. The van der Waals surface area contributed by atoms with Crippen LogP contribution in [-0.2, 0) is 16.0 Å². The quantitative estimate of drug-likeness (QED) is 0.344. The number of rotatable bonds is 9. The number of hydrogen-bond acceptors (Lipinski definition) is 6. The zero-order chi connectivity index (χ0) is 25.7. The molecule has 0 spiro atoms. The maximum absolute atomic E-state index is 13.2. The molecular weight excluding hydrogens is 505 g/mol. The van der Waals surface area contributed by atoms with Crippen molar-refractivity contribution in [2.75, 3.05) is 6.54 Å². The van der Waals surface area contributed by atoms with Crippen LogP contribution in [0.15, 0.2) is 71.9 Å². The molecule has 0 radical (unpaired) electrons. The van der Waals surface area contributed by atoms with Crippen LogP contribution in [0.2, 0.25) is 10.2 Å². The average molecular weight is 526 g/mol. The van der Waals surface area contributed by atoms with Gasteiger partial charge in [0.25, 0.3) is 5.56 Å². The highest BCUT2D eigenvalue weighted by molar-refractivity contribution is 6.31. The molecule has 1 unspecified atom stereocenters. The van der Waals surface area contributed by atoms with E-state index >= 15 is 0 Å². The Morgan fingerprint density at radius 2 is 1.86 bits per heavy atom. The van der Waals surface area contributed by atoms with Crippen molar-refractivity contribution in [1.82, 2.24) is 29.9 Å². The van der Waals surface area contributed by atoms with E-state index in [2.05, 4.69) is 20.6 Å². The SMILES string of the molecule is NC(=O)CCNC(=O)C(Cc1ccccc1)n1cnc(-c2cc(Cl)ccc2-n2cc(Cl)nn2)cc1=O. The molecule has 4 rings (SSSR count). The minimum atomic E-state index is -0.901. The van der Waals surface area contributed by atoms with E-state index < -0.39 is 23.4 Å². The third-order valence-corrected chi connectivity index (χ3v) is 5.77. The van der Waals surface area contributed by atoms with E-state index in [0.717, 1.165) is 5.56 Å². The summed E-state index contributed by atoms with van der Waals surface area (Å²) in [7, 11) is 0. The fourth-order valence-electron chi connectivity index (χ4n) is 3.65. The van der Waals surface area contributed by atoms with Crippen molar-refractivity contribution in [3.63, 3.8) is 0 Å². The van der Waals surface area contributed by atoms with Crippen LogP contribution in [0.4, 0.5) is 0 Å². The second-order valence-electron chi connectivity index (χ2n) is 7.88. The van der Waals surface area contributed by atoms with E-state index in [0.29, 0.717) is 22.0 Å². The smallest absolute Gasteiger partial charge is 0.254 e. The Morgan fingerprint density at radius 3 is 2.53 bits per heavy atom. The molecule has 184 valence electrons. The summed E-state index contributed by atoms with van der Waals surface area (Å²) in [6.45, 7) is 0.0616. The number of primary amides is 1. The summed E-state index contributed by atoms with van der Waals surface area (Å²) in [5.41, 5.74) is 6.99. The summed E-state index contributed by atoms with van der Waals surface area (Å²) in [4.78, 5) is 41.8. The lowest BCUT2D eigenvalue weighted by Gasteiger charge is -2.20. The van der Waals surface area contributed by atoms with Crippen LogP contribution < -0.4 is 16.6 Å². The fourth-order valence-corrected chi connectivity index (χ4v) is 3.95. The van der Waals surface area contributed by atoms with Crippen LogP contribution in [0.5, 0.6) is 0 Å². The Hall–Kier alpha value is -4.02. The molecule has 4 aromatic rings. The highest BCUT2D eigenvalue weighted by atomic mass is 35.5. The summed E-state index contributed by atoms with van der Waals surface area (Å²) < 4.78 is 2.71. The summed E-state index contributed by atoms with van der Waals surface area (Å²) in [5.74, 6) is -0.971. The van der Waals surface area contributed by atoms with Crippen LogP contribution in [0.3, 0.4) is 0 Å². The highest BCUT2D eigenvalue weighted by Gasteiger charge is 2.23. The minimum absolute atomic E-state index is 0.0142. The van der Waals surface area contributed by atoms with Crippen molar-refractivity contribution in [1.29, 1.82) is 0 Å². The van der Waals surface area contributed by atoms with Gasteiger partial charge in [0.2, 0.25) is 11.8 Å². The number of carbonyl (C=O) groups is 2. The Balaban J connectivity index is 1.70. The van der Waals surface area contributed by atoms with Gasteiger partial charge >= 0.3 is 0 Å². The average Bonchev–Trinajstić information content (AvgIpc) is 3.29. The summed E-state index contributed by atoms with van der Waals surface area (Å²) in [5, 5.41) is 11.1. The van der Waals surface area contributed by atoms with Crippen molar-refractivity contribution in [3.8, 4) is 16.9 Å². The number of hydrogen-bond donors (Lipinski definition) is 2. The number of benzene rings is 2. The molecule has 2 aromatic heterocycles. The van der Waals surface area contributed by atoms with E-state index in [1.54, 1.807) is 18.2 Å². The molecule has 0 aliphatic heterocycles. The third-order valence-electron chi connectivity index (χ3n) is 5.36. The molecule has 0 saturated heterocycles. The molecule has 0 aliphatic rings. The summed E-state index contributed by atoms with van der Waals surface area (Å²) in [6.07, 6.45) is 3.06. The van der Waals surface area contributed by atoms with Gasteiger partial charge in [-0.2, -0.15) is 0 Å². The number of carbonyl (C=O) groups excluding carboxylic acids is 2. The van der Waals surface area contributed by atoms with Crippen LogP contribution >= 0.6 is 23.2 Å². The van der Waals surface area contributed by atoms with Crippen LogP contribution in [0.25, 0.3) is 16.9 Å². The molecule has 12 heteroatoms. The zero-order valence-electron chi connectivity index (χ0n) is 18.8. The lowest BCUT2D eigenvalue weighted by molar-refractivity contribution is -0.124. The van der Waals surface area contributed by atoms with E-state index in [4.69, 9.17) is 28.9 Å². The second-order valence-corrected chi connectivity index (χ2v) is 8.70. The fraction of sp³-hybridized carbons (Fsp3) is 0.167. The standard InChI is InChI=1S/C24H21Cl2N7O3/c25-16-6-7-19(33-13-21(26)30-31-33)17(11-16)18-12-23(35)32(14-29-18)20(10-15-4-2-1-3-5-15)24(36)28-9-8-22(27)34/h1-7,11-14,20H,8-10H2,(H2,27,34)(H,28,36). The minimum Gasteiger partial charge on any atom is -0.370 e. The first kappa shape index (κ1) is 25.1. The van der Waals surface area contributed by atoms with Gasteiger partial charge in [0, 0.05) is 36.0 Å². The first-order valence-corrected chi connectivity index (χ1v) is 11.6. The molecule has 2 heterocycles. The molecule has 0 saturated carbocycles. The van der Waals surface area contributed by atoms with Crippen LogP contribution in [0, 0.1) is 0 Å². The molecule has 2 amide bonds. The van der Waals surface area contributed by atoms with Crippen molar-refractivity contribution >= 4 is 35.0 Å². The van der Waals surface area contributed by atoms with Crippen molar-refractivity contribution in [2.24, 2.45) is 5.73 Å². The molecule has 3 N–H and O–H groups in total. The van der Waals surface area contributed by atoms with Crippen LogP contribution in [0.1, 0.15) is 18.0 Å².